The number of halogens is 4. The SMILES string of the molecule is CSc1cc(-c2nc(C(F)(F)F)c(-c3ccc(S(C)(=O)=O)cc3)[nH]2)ccc1F. The van der Waals surface area contributed by atoms with Gasteiger partial charge in [0.25, 0.3) is 0 Å². The highest BCUT2D eigenvalue weighted by atomic mass is 32.2. The Morgan fingerprint density at radius 2 is 1.64 bits per heavy atom. The minimum atomic E-state index is -4.73. The van der Waals surface area contributed by atoms with Gasteiger partial charge in [0, 0.05) is 22.3 Å². The van der Waals surface area contributed by atoms with Gasteiger partial charge in [0.2, 0.25) is 0 Å². The molecule has 0 bridgehead atoms. The lowest BCUT2D eigenvalue weighted by atomic mass is 10.1. The lowest BCUT2D eigenvalue weighted by Gasteiger charge is -2.07. The van der Waals surface area contributed by atoms with E-state index < -0.39 is 27.5 Å². The Hall–Kier alpha value is -2.33. The van der Waals surface area contributed by atoms with E-state index >= 15 is 0 Å². The number of hydrogen-bond donors (Lipinski definition) is 1. The van der Waals surface area contributed by atoms with Crippen LogP contribution in [-0.2, 0) is 16.0 Å². The molecule has 0 amide bonds. The highest BCUT2D eigenvalue weighted by Gasteiger charge is 2.38. The zero-order valence-corrected chi connectivity index (χ0v) is 16.3. The van der Waals surface area contributed by atoms with E-state index in [-0.39, 0.29) is 26.9 Å². The van der Waals surface area contributed by atoms with Gasteiger partial charge in [0.1, 0.15) is 11.6 Å². The van der Waals surface area contributed by atoms with Crippen molar-refractivity contribution in [1.29, 1.82) is 0 Å². The van der Waals surface area contributed by atoms with Crippen molar-refractivity contribution in [2.45, 2.75) is 16.0 Å². The number of sulfone groups is 1. The Bertz CT molecular complexity index is 1120. The van der Waals surface area contributed by atoms with Crippen LogP contribution in [0.5, 0.6) is 0 Å². The Kier molecular flexibility index (Phi) is 5.28. The van der Waals surface area contributed by atoms with Crippen LogP contribution in [0.1, 0.15) is 5.69 Å². The topological polar surface area (TPSA) is 62.8 Å². The summed E-state index contributed by atoms with van der Waals surface area (Å²) in [5.74, 6) is -0.541. The van der Waals surface area contributed by atoms with Crippen LogP contribution in [0, 0.1) is 5.82 Å². The van der Waals surface area contributed by atoms with E-state index in [4.69, 9.17) is 0 Å². The summed E-state index contributed by atoms with van der Waals surface area (Å²) >= 11 is 1.13. The van der Waals surface area contributed by atoms with Crippen LogP contribution >= 0.6 is 11.8 Å². The van der Waals surface area contributed by atoms with Crippen molar-refractivity contribution in [2.24, 2.45) is 0 Å². The van der Waals surface area contributed by atoms with Crippen molar-refractivity contribution >= 4 is 21.6 Å². The fraction of sp³-hybridized carbons (Fsp3) is 0.167. The third-order valence-corrected chi connectivity index (χ3v) is 5.85. The Balaban J connectivity index is 2.14. The van der Waals surface area contributed by atoms with Crippen molar-refractivity contribution < 1.29 is 26.0 Å². The van der Waals surface area contributed by atoms with Crippen LogP contribution in [0.2, 0.25) is 0 Å². The average Bonchev–Trinajstić information content (AvgIpc) is 3.07. The molecule has 0 saturated heterocycles. The van der Waals surface area contributed by atoms with Gasteiger partial charge in [-0.2, -0.15) is 13.2 Å². The standard InChI is InChI=1S/C18H14F4N2O2S2/c1-27-14-9-11(5-8-13(14)19)17-23-15(16(24-17)18(20,21)22)10-3-6-12(7-4-10)28(2,25)26/h3-9H,1-2H3,(H,23,24). The van der Waals surface area contributed by atoms with Gasteiger partial charge < -0.3 is 4.98 Å². The van der Waals surface area contributed by atoms with Crippen LogP contribution in [0.4, 0.5) is 17.6 Å². The molecule has 0 spiro atoms. The molecule has 0 aliphatic heterocycles. The summed E-state index contributed by atoms with van der Waals surface area (Å²) in [6.07, 6.45) is -2.07. The van der Waals surface area contributed by atoms with E-state index in [2.05, 4.69) is 9.97 Å². The summed E-state index contributed by atoms with van der Waals surface area (Å²) < 4.78 is 77.3. The summed E-state index contributed by atoms with van der Waals surface area (Å²) in [7, 11) is -3.48. The van der Waals surface area contributed by atoms with Gasteiger partial charge in [0.15, 0.2) is 15.5 Å². The van der Waals surface area contributed by atoms with Crippen molar-refractivity contribution in [1.82, 2.24) is 9.97 Å². The van der Waals surface area contributed by atoms with E-state index in [9.17, 15) is 26.0 Å². The fourth-order valence-corrected chi connectivity index (χ4v) is 3.74. The normalized spacial score (nSPS) is 12.4. The number of hydrogen-bond acceptors (Lipinski definition) is 4. The first-order valence-corrected chi connectivity index (χ1v) is 10.9. The van der Waals surface area contributed by atoms with Gasteiger partial charge in [-0.1, -0.05) is 12.1 Å². The first kappa shape index (κ1) is 20.4. The molecular weight excluding hydrogens is 416 g/mol. The number of nitrogens with zero attached hydrogens (tertiary/aromatic N) is 1. The summed E-state index contributed by atoms with van der Waals surface area (Å²) in [4.78, 5) is 6.58. The minimum absolute atomic E-state index is 0.00676. The number of imidazole rings is 1. The molecule has 2 aromatic carbocycles. The molecule has 0 fully saturated rings. The smallest absolute Gasteiger partial charge is 0.337 e. The number of thioether (sulfide) groups is 1. The Morgan fingerprint density at radius 1 is 1.04 bits per heavy atom. The highest BCUT2D eigenvalue weighted by molar-refractivity contribution is 7.98. The van der Waals surface area contributed by atoms with Gasteiger partial charge >= 0.3 is 6.18 Å². The Morgan fingerprint density at radius 3 is 2.18 bits per heavy atom. The van der Waals surface area contributed by atoms with Crippen LogP contribution in [0.25, 0.3) is 22.6 Å². The minimum Gasteiger partial charge on any atom is -0.337 e. The molecule has 148 valence electrons. The molecule has 4 nitrogen and oxygen atoms in total. The summed E-state index contributed by atoms with van der Waals surface area (Å²) in [6.45, 7) is 0. The largest absolute Gasteiger partial charge is 0.435 e. The highest BCUT2D eigenvalue weighted by Crippen LogP contribution is 2.38. The molecule has 10 heteroatoms. The van der Waals surface area contributed by atoms with Gasteiger partial charge in [-0.25, -0.2) is 17.8 Å². The van der Waals surface area contributed by atoms with Gasteiger partial charge in [-0.15, -0.1) is 11.8 Å². The number of alkyl halides is 3. The van der Waals surface area contributed by atoms with E-state index in [0.29, 0.717) is 5.56 Å². The molecule has 0 aliphatic rings. The Labute approximate surface area is 162 Å². The maximum absolute atomic E-state index is 13.7. The second kappa shape index (κ2) is 7.25. The van der Waals surface area contributed by atoms with E-state index in [0.717, 1.165) is 24.1 Å². The quantitative estimate of drug-likeness (QED) is 0.466. The summed E-state index contributed by atoms with van der Waals surface area (Å²) in [5, 5.41) is 0. The van der Waals surface area contributed by atoms with Crippen LogP contribution in [0.3, 0.4) is 0 Å². The molecule has 1 N–H and O–H groups in total. The van der Waals surface area contributed by atoms with Crippen LogP contribution in [-0.4, -0.2) is 30.9 Å². The number of H-pyrrole nitrogens is 1. The number of aromatic nitrogens is 2. The molecule has 3 aromatic rings. The predicted octanol–water partition coefficient (Wildman–Crippen LogP) is 5.03. The molecular formula is C18H14F4N2O2S2. The number of aromatic amines is 1. The average molecular weight is 430 g/mol. The van der Waals surface area contributed by atoms with Crippen molar-refractivity contribution in [2.75, 3.05) is 12.5 Å². The zero-order valence-electron chi connectivity index (χ0n) is 14.6. The molecule has 1 heterocycles. The molecule has 0 radical (unpaired) electrons. The van der Waals surface area contributed by atoms with E-state index in [1.54, 1.807) is 6.26 Å². The first-order valence-electron chi connectivity index (χ1n) is 7.82. The van der Waals surface area contributed by atoms with Crippen molar-refractivity contribution in [3.05, 3.63) is 54.0 Å². The summed E-state index contributed by atoms with van der Waals surface area (Å²) in [6, 6.07) is 8.93. The molecule has 3 rings (SSSR count). The van der Waals surface area contributed by atoms with E-state index in [1.807, 2.05) is 0 Å². The maximum Gasteiger partial charge on any atom is 0.435 e. The first-order chi connectivity index (χ1) is 13.0. The second-order valence-electron chi connectivity index (χ2n) is 5.95. The second-order valence-corrected chi connectivity index (χ2v) is 8.82. The lowest BCUT2D eigenvalue weighted by molar-refractivity contribution is -0.140. The zero-order chi connectivity index (χ0) is 20.7. The van der Waals surface area contributed by atoms with Crippen LogP contribution in [0.15, 0.2) is 52.3 Å². The maximum atomic E-state index is 13.7. The third kappa shape index (κ3) is 4.07. The molecule has 28 heavy (non-hydrogen) atoms. The third-order valence-electron chi connectivity index (χ3n) is 3.97. The van der Waals surface area contributed by atoms with Gasteiger partial charge in [-0.05, 0) is 36.6 Å². The van der Waals surface area contributed by atoms with Gasteiger partial charge in [0.05, 0.1) is 10.6 Å². The molecule has 0 saturated carbocycles. The number of nitrogens with one attached hydrogen (secondary N) is 1. The van der Waals surface area contributed by atoms with Crippen molar-refractivity contribution in [3.63, 3.8) is 0 Å². The molecule has 0 unspecified atom stereocenters. The molecule has 1 aromatic heterocycles. The number of benzene rings is 2. The monoisotopic (exact) mass is 430 g/mol. The van der Waals surface area contributed by atoms with E-state index in [1.165, 1.54) is 36.4 Å². The number of rotatable bonds is 4. The molecule has 0 aliphatic carbocycles. The van der Waals surface area contributed by atoms with Gasteiger partial charge in [-0.3, -0.25) is 0 Å². The summed E-state index contributed by atoms with van der Waals surface area (Å²) in [5.41, 5.74) is -0.997. The lowest BCUT2D eigenvalue weighted by Crippen LogP contribution is -2.07. The molecule has 0 atom stereocenters. The fourth-order valence-electron chi connectivity index (χ4n) is 2.60. The predicted molar refractivity (Wildman–Crippen MR) is 99.3 cm³/mol. The van der Waals surface area contributed by atoms with Crippen LogP contribution < -0.4 is 0 Å². The van der Waals surface area contributed by atoms with Crippen molar-refractivity contribution in [3.8, 4) is 22.6 Å².